The van der Waals surface area contributed by atoms with Gasteiger partial charge in [-0.1, -0.05) is 60.7 Å². The van der Waals surface area contributed by atoms with E-state index in [1.807, 2.05) is 67.6 Å². The molecule has 1 heterocycles. The van der Waals surface area contributed by atoms with Crippen molar-refractivity contribution in [2.75, 3.05) is 0 Å². The van der Waals surface area contributed by atoms with E-state index in [-0.39, 0.29) is 12.4 Å². The van der Waals surface area contributed by atoms with E-state index in [2.05, 4.69) is 5.32 Å². The molecule has 0 aliphatic heterocycles. The Labute approximate surface area is 202 Å². The van der Waals surface area contributed by atoms with Crippen molar-refractivity contribution in [3.63, 3.8) is 0 Å². The molecule has 1 unspecified atom stereocenters. The van der Waals surface area contributed by atoms with Crippen molar-refractivity contribution in [2.24, 2.45) is 0 Å². The first-order valence-corrected chi connectivity index (χ1v) is 11.2. The van der Waals surface area contributed by atoms with Crippen LogP contribution in [-0.4, -0.2) is 18.1 Å². The van der Waals surface area contributed by atoms with Gasteiger partial charge in [-0.15, -0.1) is 0 Å². The third kappa shape index (κ3) is 5.95. The molecule has 7 nitrogen and oxygen atoms in total. The first kappa shape index (κ1) is 23.8. The van der Waals surface area contributed by atoms with Crippen LogP contribution in [0.5, 0.6) is 5.75 Å². The molecule has 0 aliphatic carbocycles. The lowest BCUT2D eigenvalue weighted by atomic mass is 10.00. The van der Waals surface area contributed by atoms with Gasteiger partial charge in [-0.25, -0.2) is 14.4 Å². The molecule has 0 spiro atoms. The summed E-state index contributed by atoms with van der Waals surface area (Å²) >= 11 is 0. The zero-order valence-electron chi connectivity index (χ0n) is 19.4. The molecular weight excluding hydrogens is 446 g/mol. The third-order valence-electron chi connectivity index (χ3n) is 5.60. The van der Waals surface area contributed by atoms with Crippen LogP contribution in [0.2, 0.25) is 0 Å². The van der Waals surface area contributed by atoms with Crippen LogP contribution < -0.4 is 15.7 Å². The molecule has 0 fully saturated rings. The summed E-state index contributed by atoms with van der Waals surface area (Å²) in [6.07, 6.45) is -0.269. The monoisotopic (exact) mass is 471 g/mol. The van der Waals surface area contributed by atoms with Gasteiger partial charge in [-0.05, 0) is 42.7 Å². The normalized spacial score (nSPS) is 11.6. The van der Waals surface area contributed by atoms with Gasteiger partial charge >= 0.3 is 17.7 Å². The second-order valence-corrected chi connectivity index (χ2v) is 8.16. The SMILES string of the molecule is Cc1c(Cc2ccccc2)c(=O)oc2cc(OC(=O)C(C)NC(=O)OCc3ccccc3)ccc12. The summed E-state index contributed by atoms with van der Waals surface area (Å²) in [5.74, 6) is -0.479. The fourth-order valence-electron chi connectivity index (χ4n) is 3.65. The lowest BCUT2D eigenvalue weighted by Crippen LogP contribution is -2.41. The zero-order valence-corrected chi connectivity index (χ0v) is 19.4. The predicted molar refractivity (Wildman–Crippen MR) is 131 cm³/mol. The summed E-state index contributed by atoms with van der Waals surface area (Å²) in [5, 5.41) is 3.20. The van der Waals surface area contributed by atoms with Crippen molar-refractivity contribution < 1.29 is 23.5 Å². The maximum absolute atomic E-state index is 12.6. The number of ether oxygens (including phenoxy) is 2. The number of carbonyl (C=O) groups excluding carboxylic acids is 2. The predicted octanol–water partition coefficient (Wildman–Crippen LogP) is 4.91. The zero-order chi connectivity index (χ0) is 24.8. The van der Waals surface area contributed by atoms with Crippen molar-refractivity contribution in [1.29, 1.82) is 0 Å². The highest BCUT2D eigenvalue weighted by Gasteiger charge is 2.20. The molecule has 0 saturated carbocycles. The average molecular weight is 472 g/mol. The van der Waals surface area contributed by atoms with Crippen LogP contribution in [-0.2, 0) is 22.6 Å². The summed E-state index contributed by atoms with van der Waals surface area (Å²) in [6, 6.07) is 22.8. The lowest BCUT2D eigenvalue weighted by Gasteiger charge is -2.14. The molecule has 1 aromatic heterocycles. The van der Waals surface area contributed by atoms with E-state index < -0.39 is 23.7 Å². The largest absolute Gasteiger partial charge is 0.445 e. The fraction of sp³-hybridized carbons (Fsp3) is 0.179. The van der Waals surface area contributed by atoms with Gasteiger partial charge in [0.25, 0.3) is 0 Å². The van der Waals surface area contributed by atoms with E-state index in [4.69, 9.17) is 13.9 Å². The Bertz CT molecular complexity index is 1400. The number of esters is 1. The molecule has 4 rings (SSSR count). The first-order valence-electron chi connectivity index (χ1n) is 11.2. The lowest BCUT2D eigenvalue weighted by molar-refractivity contribution is -0.136. The third-order valence-corrected chi connectivity index (χ3v) is 5.60. The Balaban J connectivity index is 1.41. The molecule has 178 valence electrons. The van der Waals surface area contributed by atoms with Gasteiger partial charge in [0.15, 0.2) is 0 Å². The van der Waals surface area contributed by atoms with E-state index in [1.165, 1.54) is 13.0 Å². The number of hydrogen-bond donors (Lipinski definition) is 1. The van der Waals surface area contributed by atoms with Crippen LogP contribution in [0.15, 0.2) is 88.1 Å². The van der Waals surface area contributed by atoms with Crippen LogP contribution >= 0.6 is 0 Å². The molecule has 4 aromatic rings. The molecule has 0 aliphatic rings. The smallest absolute Gasteiger partial charge is 0.408 e. The van der Waals surface area contributed by atoms with Gasteiger partial charge in [0.2, 0.25) is 0 Å². The molecule has 35 heavy (non-hydrogen) atoms. The molecule has 1 N–H and O–H groups in total. The quantitative estimate of drug-likeness (QED) is 0.234. The van der Waals surface area contributed by atoms with Gasteiger partial charge in [-0.2, -0.15) is 0 Å². The number of alkyl carbamates (subject to hydrolysis) is 1. The molecule has 1 amide bonds. The summed E-state index contributed by atoms with van der Waals surface area (Å²) in [4.78, 5) is 37.1. The minimum absolute atomic E-state index is 0.0871. The molecule has 3 aromatic carbocycles. The number of nitrogens with one attached hydrogen (secondary N) is 1. The molecule has 7 heteroatoms. The Morgan fingerprint density at radius 1 is 0.943 bits per heavy atom. The van der Waals surface area contributed by atoms with E-state index in [1.54, 1.807) is 12.1 Å². The summed E-state index contributed by atoms with van der Waals surface area (Å²) < 4.78 is 16.0. The Morgan fingerprint density at radius 3 is 2.29 bits per heavy atom. The van der Waals surface area contributed by atoms with E-state index in [9.17, 15) is 14.4 Å². The number of benzene rings is 3. The highest BCUT2D eigenvalue weighted by Crippen LogP contribution is 2.25. The maximum atomic E-state index is 12.6. The maximum Gasteiger partial charge on any atom is 0.408 e. The summed E-state index contributed by atoms with van der Waals surface area (Å²) in [7, 11) is 0. The van der Waals surface area contributed by atoms with Crippen LogP contribution in [0.4, 0.5) is 4.79 Å². The van der Waals surface area contributed by atoms with Crippen LogP contribution in [0.25, 0.3) is 11.0 Å². The fourth-order valence-corrected chi connectivity index (χ4v) is 3.65. The van der Waals surface area contributed by atoms with Gasteiger partial charge in [0.1, 0.15) is 24.0 Å². The van der Waals surface area contributed by atoms with Gasteiger partial charge in [-0.3, -0.25) is 0 Å². The minimum Gasteiger partial charge on any atom is -0.445 e. The molecular formula is C28H25NO6. The van der Waals surface area contributed by atoms with Crippen LogP contribution in [0.3, 0.4) is 0 Å². The molecule has 0 radical (unpaired) electrons. The van der Waals surface area contributed by atoms with Gasteiger partial charge < -0.3 is 19.2 Å². The number of aryl methyl sites for hydroxylation is 1. The van der Waals surface area contributed by atoms with E-state index in [0.29, 0.717) is 17.6 Å². The summed E-state index contributed by atoms with van der Waals surface area (Å²) in [6.45, 7) is 3.45. The van der Waals surface area contributed by atoms with E-state index >= 15 is 0 Å². The van der Waals surface area contributed by atoms with Gasteiger partial charge in [0, 0.05) is 23.4 Å². The number of carbonyl (C=O) groups is 2. The second kappa shape index (κ2) is 10.7. The Morgan fingerprint density at radius 2 is 1.60 bits per heavy atom. The minimum atomic E-state index is -0.948. The Kier molecular flexibility index (Phi) is 7.26. The molecule has 1 atom stereocenters. The van der Waals surface area contributed by atoms with Gasteiger partial charge in [0.05, 0.1) is 0 Å². The summed E-state index contributed by atoms with van der Waals surface area (Å²) in [5.41, 5.74) is 3.12. The van der Waals surface area contributed by atoms with Crippen molar-refractivity contribution in [1.82, 2.24) is 5.32 Å². The topological polar surface area (TPSA) is 94.8 Å². The van der Waals surface area contributed by atoms with Crippen molar-refractivity contribution in [2.45, 2.75) is 32.9 Å². The molecule has 0 saturated heterocycles. The van der Waals surface area contributed by atoms with Crippen molar-refractivity contribution >= 4 is 23.0 Å². The standard InChI is InChI=1S/C28H25NO6/c1-18-23-14-13-22(16-25(23)35-27(31)24(18)15-20-9-5-3-6-10-20)34-26(30)19(2)29-28(32)33-17-21-11-7-4-8-12-21/h3-14,16,19H,15,17H2,1-2H3,(H,29,32). The van der Waals surface area contributed by atoms with Crippen molar-refractivity contribution in [3.05, 3.63) is 112 Å². The van der Waals surface area contributed by atoms with Crippen molar-refractivity contribution in [3.8, 4) is 5.75 Å². The number of hydrogen-bond acceptors (Lipinski definition) is 6. The molecule has 0 bridgehead atoms. The number of rotatable bonds is 7. The van der Waals surface area contributed by atoms with E-state index in [0.717, 1.165) is 22.1 Å². The Hall–Kier alpha value is -4.39. The average Bonchev–Trinajstić information content (AvgIpc) is 2.86. The second-order valence-electron chi connectivity index (χ2n) is 8.16. The first-order chi connectivity index (χ1) is 16.9. The highest BCUT2D eigenvalue weighted by molar-refractivity contribution is 5.85. The van der Waals surface area contributed by atoms with Crippen LogP contribution in [0.1, 0.15) is 29.2 Å². The number of fused-ring (bicyclic) bond motifs is 1. The number of amides is 1. The highest BCUT2D eigenvalue weighted by atomic mass is 16.6. The van der Waals surface area contributed by atoms with Crippen LogP contribution in [0, 0.1) is 6.92 Å².